The zero-order valence-electron chi connectivity index (χ0n) is 9.76. The van der Waals surface area contributed by atoms with E-state index in [1.807, 2.05) is 18.2 Å². The van der Waals surface area contributed by atoms with Crippen molar-refractivity contribution in [3.8, 4) is 17.1 Å². The molecule has 0 radical (unpaired) electrons. The summed E-state index contributed by atoms with van der Waals surface area (Å²) in [6, 6.07) is 12.3. The largest absolute Gasteiger partial charge is 0.507 e. The Balaban J connectivity index is 2.34. The van der Waals surface area contributed by atoms with Crippen LogP contribution in [0.25, 0.3) is 22.3 Å². The van der Waals surface area contributed by atoms with Gasteiger partial charge in [-0.3, -0.25) is 4.79 Å². The average Bonchev–Trinajstić information content (AvgIpc) is 2.38. The Hall–Kier alpha value is -2.62. The Morgan fingerprint density at radius 3 is 2.53 bits per heavy atom. The van der Waals surface area contributed by atoms with Crippen LogP contribution in [0.5, 0.6) is 5.75 Å². The van der Waals surface area contributed by atoms with Gasteiger partial charge in [0.05, 0.1) is 0 Å². The Morgan fingerprint density at radius 1 is 1.05 bits per heavy atom. The summed E-state index contributed by atoms with van der Waals surface area (Å²) in [5.74, 6) is -0.732. The van der Waals surface area contributed by atoms with Gasteiger partial charge in [0, 0.05) is 23.8 Å². The fourth-order valence-electron chi connectivity index (χ4n) is 1.98. The Bertz CT molecular complexity index is 807. The summed E-state index contributed by atoms with van der Waals surface area (Å²) < 4.78 is 18.7. The van der Waals surface area contributed by atoms with Gasteiger partial charge >= 0.3 is 0 Å². The first-order valence-corrected chi connectivity index (χ1v) is 5.67. The quantitative estimate of drug-likeness (QED) is 0.726. The minimum Gasteiger partial charge on any atom is -0.507 e. The zero-order chi connectivity index (χ0) is 13.4. The molecule has 19 heavy (non-hydrogen) atoms. The summed E-state index contributed by atoms with van der Waals surface area (Å²) in [6.07, 6.45) is 0. The monoisotopic (exact) mass is 256 g/mol. The van der Waals surface area contributed by atoms with E-state index in [0.29, 0.717) is 11.3 Å². The van der Waals surface area contributed by atoms with Crippen LogP contribution >= 0.6 is 0 Å². The fourth-order valence-corrected chi connectivity index (χ4v) is 1.98. The van der Waals surface area contributed by atoms with Crippen molar-refractivity contribution in [1.29, 1.82) is 0 Å². The number of phenols is 1. The first kappa shape index (κ1) is 11.5. The van der Waals surface area contributed by atoms with Gasteiger partial charge in [-0.05, 0) is 0 Å². The van der Waals surface area contributed by atoms with Gasteiger partial charge in [0.1, 0.15) is 28.3 Å². The highest BCUT2D eigenvalue weighted by molar-refractivity contribution is 5.84. The van der Waals surface area contributed by atoms with Gasteiger partial charge in [0.15, 0.2) is 5.43 Å². The molecule has 3 aromatic rings. The number of rotatable bonds is 1. The number of benzene rings is 2. The number of aromatic hydroxyl groups is 1. The van der Waals surface area contributed by atoms with Crippen molar-refractivity contribution >= 4 is 11.0 Å². The third-order valence-corrected chi connectivity index (χ3v) is 2.83. The van der Waals surface area contributed by atoms with E-state index < -0.39 is 17.0 Å². The molecule has 0 fully saturated rings. The lowest BCUT2D eigenvalue weighted by Gasteiger charge is -2.04. The van der Waals surface area contributed by atoms with E-state index in [4.69, 9.17) is 4.42 Å². The molecule has 0 spiro atoms. The Kier molecular flexibility index (Phi) is 2.56. The van der Waals surface area contributed by atoms with Gasteiger partial charge in [0.2, 0.25) is 0 Å². The molecule has 0 saturated carbocycles. The zero-order valence-corrected chi connectivity index (χ0v) is 9.76. The number of hydrogen-bond donors (Lipinski definition) is 1. The van der Waals surface area contributed by atoms with Crippen LogP contribution in [0.15, 0.2) is 57.7 Å². The van der Waals surface area contributed by atoms with Gasteiger partial charge in [-0.15, -0.1) is 0 Å². The van der Waals surface area contributed by atoms with Crippen LogP contribution in [0.2, 0.25) is 0 Å². The van der Waals surface area contributed by atoms with Crippen LogP contribution < -0.4 is 5.43 Å². The molecule has 0 aliphatic heterocycles. The van der Waals surface area contributed by atoms with Crippen molar-refractivity contribution in [1.82, 2.24) is 0 Å². The molecule has 0 amide bonds. The van der Waals surface area contributed by atoms with Crippen molar-refractivity contribution in [2.24, 2.45) is 0 Å². The highest BCUT2D eigenvalue weighted by Crippen LogP contribution is 2.27. The molecule has 0 unspecified atom stereocenters. The van der Waals surface area contributed by atoms with Crippen molar-refractivity contribution in [3.63, 3.8) is 0 Å². The molecule has 0 atom stereocenters. The molecule has 0 aliphatic rings. The lowest BCUT2D eigenvalue weighted by Crippen LogP contribution is -2.01. The molecule has 1 N–H and O–H groups in total. The second-order valence-corrected chi connectivity index (χ2v) is 4.14. The topological polar surface area (TPSA) is 50.4 Å². The molecular formula is C15H9FO3. The highest BCUT2D eigenvalue weighted by atomic mass is 19.1. The van der Waals surface area contributed by atoms with E-state index in [9.17, 15) is 14.3 Å². The molecule has 4 heteroatoms. The van der Waals surface area contributed by atoms with Crippen molar-refractivity contribution in [3.05, 3.63) is 64.6 Å². The molecule has 2 aromatic carbocycles. The van der Waals surface area contributed by atoms with Gasteiger partial charge < -0.3 is 9.52 Å². The third kappa shape index (κ3) is 1.97. The van der Waals surface area contributed by atoms with Crippen molar-refractivity contribution < 1.29 is 13.9 Å². The van der Waals surface area contributed by atoms with Crippen LogP contribution in [0, 0.1) is 5.82 Å². The first-order valence-electron chi connectivity index (χ1n) is 5.67. The summed E-state index contributed by atoms with van der Waals surface area (Å²) in [5, 5.41) is 9.58. The van der Waals surface area contributed by atoms with Crippen LogP contribution in [-0.4, -0.2) is 5.11 Å². The molecule has 1 heterocycles. The second kappa shape index (κ2) is 4.24. The maximum Gasteiger partial charge on any atom is 0.197 e. The van der Waals surface area contributed by atoms with Gasteiger partial charge in [-0.1, -0.05) is 30.3 Å². The first-order chi connectivity index (χ1) is 9.15. The lowest BCUT2D eigenvalue weighted by atomic mass is 10.1. The van der Waals surface area contributed by atoms with Crippen LogP contribution in [0.4, 0.5) is 4.39 Å². The molecule has 94 valence electrons. The molecule has 1 aromatic heterocycles. The molecule has 0 aliphatic carbocycles. The molecular weight excluding hydrogens is 247 g/mol. The minimum atomic E-state index is -0.654. The van der Waals surface area contributed by atoms with Crippen molar-refractivity contribution in [2.45, 2.75) is 0 Å². The third-order valence-electron chi connectivity index (χ3n) is 2.83. The maximum atomic E-state index is 13.2. The van der Waals surface area contributed by atoms with Crippen molar-refractivity contribution in [2.75, 3.05) is 0 Å². The van der Waals surface area contributed by atoms with Crippen LogP contribution in [0.1, 0.15) is 0 Å². The number of phenolic OH excluding ortho intramolecular Hbond substituents is 1. The SMILES string of the molecule is O=c1cc(-c2ccccc2)oc2cc(F)cc(O)c12. The Labute approximate surface area is 107 Å². The summed E-state index contributed by atoms with van der Waals surface area (Å²) in [4.78, 5) is 12.0. The molecule has 0 bridgehead atoms. The second-order valence-electron chi connectivity index (χ2n) is 4.14. The van der Waals surface area contributed by atoms with Gasteiger partial charge in [-0.2, -0.15) is 0 Å². The predicted molar refractivity (Wildman–Crippen MR) is 69.5 cm³/mol. The average molecular weight is 256 g/mol. The predicted octanol–water partition coefficient (Wildman–Crippen LogP) is 3.30. The van der Waals surface area contributed by atoms with E-state index in [-0.39, 0.29) is 11.0 Å². The standard InChI is InChI=1S/C15H9FO3/c16-10-6-11(17)15-12(18)8-13(19-14(15)7-10)9-4-2-1-3-5-9/h1-8,17H. The van der Waals surface area contributed by atoms with Gasteiger partial charge in [-0.25, -0.2) is 4.39 Å². The summed E-state index contributed by atoms with van der Waals surface area (Å²) in [5.41, 5.74) is 0.340. The molecule has 3 nitrogen and oxygen atoms in total. The fraction of sp³-hybridized carbons (Fsp3) is 0. The van der Waals surface area contributed by atoms with E-state index in [1.165, 1.54) is 6.07 Å². The van der Waals surface area contributed by atoms with Crippen LogP contribution in [-0.2, 0) is 0 Å². The summed E-state index contributed by atoms with van der Waals surface area (Å²) in [7, 11) is 0. The van der Waals surface area contributed by atoms with Gasteiger partial charge in [0.25, 0.3) is 0 Å². The maximum absolute atomic E-state index is 13.2. The molecule has 3 rings (SSSR count). The number of halogens is 1. The van der Waals surface area contributed by atoms with E-state index in [0.717, 1.165) is 12.1 Å². The van der Waals surface area contributed by atoms with Crippen LogP contribution in [0.3, 0.4) is 0 Å². The molecule has 0 saturated heterocycles. The highest BCUT2D eigenvalue weighted by Gasteiger charge is 2.11. The number of hydrogen-bond acceptors (Lipinski definition) is 3. The van der Waals surface area contributed by atoms with E-state index in [1.54, 1.807) is 12.1 Å². The van der Waals surface area contributed by atoms with E-state index >= 15 is 0 Å². The lowest BCUT2D eigenvalue weighted by molar-refractivity contribution is 0.473. The van der Waals surface area contributed by atoms with E-state index in [2.05, 4.69) is 0 Å². The Morgan fingerprint density at radius 2 is 1.79 bits per heavy atom. The minimum absolute atomic E-state index is 0.0129. The normalized spacial score (nSPS) is 10.8. The summed E-state index contributed by atoms with van der Waals surface area (Å²) in [6.45, 7) is 0. The smallest absolute Gasteiger partial charge is 0.197 e. The summed E-state index contributed by atoms with van der Waals surface area (Å²) >= 11 is 0. The number of fused-ring (bicyclic) bond motifs is 1.